The fraction of sp³-hybridized carbons (Fsp3) is 0.378. The van der Waals surface area contributed by atoms with E-state index in [4.69, 9.17) is 9.47 Å². The van der Waals surface area contributed by atoms with Crippen molar-refractivity contribution in [2.75, 3.05) is 31.1 Å². The average molecular weight is 687 g/mol. The minimum atomic E-state index is -0.324. The van der Waals surface area contributed by atoms with Crippen LogP contribution < -0.4 is 14.4 Å². The average Bonchev–Trinajstić information content (AvgIpc) is 3.58. The molecule has 6 heteroatoms. The van der Waals surface area contributed by atoms with Gasteiger partial charge in [0, 0.05) is 32.1 Å². The molecular formula is C45H54N2O4. The molecule has 51 heavy (non-hydrogen) atoms. The topological polar surface area (TPSA) is 59.1 Å². The zero-order chi connectivity index (χ0) is 36.0. The monoisotopic (exact) mass is 686 g/mol. The number of carbonyl (C=O) groups excluding carboxylic acids is 2. The number of nitrogens with zero attached hydrogens (tertiary/aromatic N) is 2. The molecule has 0 aliphatic heterocycles. The fourth-order valence-corrected chi connectivity index (χ4v) is 7.42. The van der Waals surface area contributed by atoms with Crippen molar-refractivity contribution in [3.05, 3.63) is 131 Å². The van der Waals surface area contributed by atoms with Gasteiger partial charge in [-0.15, -0.1) is 0 Å². The second-order valence-corrected chi connectivity index (χ2v) is 13.5. The van der Waals surface area contributed by atoms with E-state index in [1.54, 1.807) is 0 Å². The number of carbonyl (C=O) groups is 2. The van der Waals surface area contributed by atoms with Crippen molar-refractivity contribution >= 4 is 23.2 Å². The SMILES string of the molecule is CC(=O)Oc1ccc(C(=C2CCCCC2)c2ccc(OC(C)=O)cc2)cc1.CCN(CC)CCCN(c1ccccc1)C1Cc2ccccc2C1. The van der Waals surface area contributed by atoms with Crippen LogP contribution in [0.5, 0.6) is 11.5 Å². The van der Waals surface area contributed by atoms with Crippen LogP contribution in [-0.4, -0.2) is 49.1 Å². The summed E-state index contributed by atoms with van der Waals surface area (Å²) >= 11 is 0. The largest absolute Gasteiger partial charge is 0.427 e. The first-order chi connectivity index (χ1) is 24.8. The van der Waals surface area contributed by atoms with Crippen LogP contribution in [0.1, 0.15) is 88.5 Å². The highest BCUT2D eigenvalue weighted by atomic mass is 16.5. The van der Waals surface area contributed by atoms with E-state index < -0.39 is 0 Å². The number of hydrogen-bond acceptors (Lipinski definition) is 6. The Labute approximate surface area is 305 Å². The molecule has 0 saturated heterocycles. The number of fused-ring (bicyclic) bond motifs is 1. The zero-order valence-corrected chi connectivity index (χ0v) is 30.9. The Kier molecular flexibility index (Phi) is 14.1. The third-order valence-corrected chi connectivity index (χ3v) is 9.95. The highest BCUT2D eigenvalue weighted by Crippen LogP contribution is 2.36. The van der Waals surface area contributed by atoms with Crippen LogP contribution in [0.25, 0.3) is 5.57 Å². The van der Waals surface area contributed by atoms with Crippen molar-refractivity contribution in [3.63, 3.8) is 0 Å². The van der Waals surface area contributed by atoms with Gasteiger partial charge in [-0.05, 0) is 129 Å². The number of rotatable bonds is 12. The summed E-state index contributed by atoms with van der Waals surface area (Å²) in [6, 6.07) is 35.8. The number of para-hydroxylation sites is 1. The van der Waals surface area contributed by atoms with Crippen LogP contribution in [-0.2, 0) is 22.4 Å². The Morgan fingerprint density at radius 2 is 1.12 bits per heavy atom. The van der Waals surface area contributed by atoms with E-state index in [1.807, 2.05) is 48.5 Å². The lowest BCUT2D eigenvalue weighted by Gasteiger charge is -2.32. The first-order valence-electron chi connectivity index (χ1n) is 18.7. The molecular weight excluding hydrogens is 633 g/mol. The van der Waals surface area contributed by atoms with Gasteiger partial charge in [0.25, 0.3) is 0 Å². The van der Waals surface area contributed by atoms with Gasteiger partial charge in [0.05, 0.1) is 0 Å². The Bertz CT molecular complexity index is 1630. The first kappa shape index (κ1) is 37.6. The summed E-state index contributed by atoms with van der Waals surface area (Å²) in [5.74, 6) is 0.443. The molecule has 6 nitrogen and oxygen atoms in total. The van der Waals surface area contributed by atoms with Gasteiger partial charge in [-0.25, -0.2) is 0 Å². The zero-order valence-electron chi connectivity index (χ0n) is 30.9. The van der Waals surface area contributed by atoms with E-state index in [0.29, 0.717) is 17.5 Å². The second kappa shape index (κ2) is 19.1. The quantitative estimate of drug-likeness (QED) is 0.109. The Morgan fingerprint density at radius 1 is 0.627 bits per heavy atom. The van der Waals surface area contributed by atoms with Crippen molar-refractivity contribution in [3.8, 4) is 11.5 Å². The Morgan fingerprint density at radius 3 is 1.59 bits per heavy atom. The van der Waals surface area contributed by atoms with Gasteiger partial charge in [-0.1, -0.05) is 92.6 Å². The standard InChI is InChI=1S/C23H24O4.C22H30N2/c1-16(24)26-21-12-8-19(9-13-21)23(18-6-4-3-5-7-18)20-10-14-22(15-11-20)27-17(2)25;1-3-23(4-2)15-10-16-24(21-13-6-5-7-14-21)22-17-19-11-8-9-12-20(19)18-22/h8-15H,3-7H2,1-2H3;5-9,11-14,22H,3-4,10,15-18H2,1-2H3. The molecule has 0 spiro atoms. The molecule has 1 saturated carbocycles. The van der Waals surface area contributed by atoms with Gasteiger partial charge in [-0.3, -0.25) is 9.59 Å². The third kappa shape index (κ3) is 10.9. The highest BCUT2D eigenvalue weighted by Gasteiger charge is 2.26. The summed E-state index contributed by atoms with van der Waals surface area (Å²) in [5, 5.41) is 0. The molecule has 0 bridgehead atoms. The number of ether oxygens (including phenoxy) is 2. The van der Waals surface area contributed by atoms with Crippen LogP contribution in [0.3, 0.4) is 0 Å². The van der Waals surface area contributed by atoms with Crippen LogP contribution >= 0.6 is 0 Å². The molecule has 2 aliphatic carbocycles. The van der Waals surface area contributed by atoms with Gasteiger partial charge < -0.3 is 19.3 Å². The summed E-state index contributed by atoms with van der Waals surface area (Å²) < 4.78 is 10.3. The van der Waals surface area contributed by atoms with Crippen molar-refractivity contribution < 1.29 is 19.1 Å². The predicted octanol–water partition coefficient (Wildman–Crippen LogP) is 9.70. The molecule has 0 amide bonds. The predicted molar refractivity (Wildman–Crippen MR) is 208 cm³/mol. The molecule has 0 heterocycles. The van der Waals surface area contributed by atoms with Crippen LogP contribution in [0.4, 0.5) is 5.69 Å². The van der Waals surface area contributed by atoms with Gasteiger partial charge >= 0.3 is 11.9 Å². The summed E-state index contributed by atoms with van der Waals surface area (Å²) in [6.45, 7) is 11.9. The van der Waals surface area contributed by atoms with E-state index in [0.717, 1.165) is 43.6 Å². The summed E-state index contributed by atoms with van der Waals surface area (Å²) in [7, 11) is 0. The Hall–Kier alpha value is -4.68. The number of esters is 2. The molecule has 4 aromatic carbocycles. The molecule has 268 valence electrons. The minimum absolute atomic E-state index is 0.324. The summed E-state index contributed by atoms with van der Waals surface area (Å²) in [6.07, 6.45) is 9.44. The molecule has 0 aromatic heterocycles. The van der Waals surface area contributed by atoms with Crippen LogP contribution in [0.15, 0.2) is 109 Å². The summed E-state index contributed by atoms with van der Waals surface area (Å²) in [4.78, 5) is 27.4. The maximum absolute atomic E-state index is 11.1. The lowest BCUT2D eigenvalue weighted by molar-refractivity contribution is -0.132. The van der Waals surface area contributed by atoms with Gasteiger partial charge in [0.1, 0.15) is 11.5 Å². The van der Waals surface area contributed by atoms with Crippen LogP contribution in [0, 0.1) is 0 Å². The normalized spacial score (nSPS) is 13.9. The van der Waals surface area contributed by atoms with Crippen molar-refractivity contribution in [2.24, 2.45) is 0 Å². The van der Waals surface area contributed by atoms with Gasteiger partial charge in [-0.2, -0.15) is 0 Å². The van der Waals surface area contributed by atoms with Gasteiger partial charge in [0.15, 0.2) is 0 Å². The highest BCUT2D eigenvalue weighted by molar-refractivity contribution is 5.83. The third-order valence-electron chi connectivity index (χ3n) is 9.95. The van der Waals surface area contributed by atoms with E-state index >= 15 is 0 Å². The maximum Gasteiger partial charge on any atom is 0.308 e. The first-order valence-corrected chi connectivity index (χ1v) is 18.7. The molecule has 2 aliphatic rings. The number of allylic oxidation sites excluding steroid dienone is 1. The maximum atomic E-state index is 11.1. The molecule has 0 unspecified atom stereocenters. The minimum Gasteiger partial charge on any atom is -0.427 e. The number of benzene rings is 4. The Balaban J connectivity index is 0.000000199. The molecule has 0 atom stereocenters. The number of hydrogen-bond donors (Lipinski definition) is 0. The van der Waals surface area contributed by atoms with Crippen molar-refractivity contribution in [1.29, 1.82) is 0 Å². The molecule has 0 N–H and O–H groups in total. The second-order valence-electron chi connectivity index (χ2n) is 13.5. The smallest absolute Gasteiger partial charge is 0.308 e. The van der Waals surface area contributed by atoms with Gasteiger partial charge in [0.2, 0.25) is 0 Å². The van der Waals surface area contributed by atoms with Crippen molar-refractivity contribution in [2.45, 2.75) is 85.1 Å². The number of anilines is 1. The van der Waals surface area contributed by atoms with E-state index in [1.165, 1.54) is 86.9 Å². The molecule has 0 radical (unpaired) electrons. The molecule has 6 rings (SSSR count). The molecule has 1 fully saturated rings. The van der Waals surface area contributed by atoms with E-state index in [-0.39, 0.29) is 11.9 Å². The lowest BCUT2D eigenvalue weighted by Crippen LogP contribution is -2.38. The fourth-order valence-electron chi connectivity index (χ4n) is 7.42. The van der Waals surface area contributed by atoms with E-state index in [9.17, 15) is 9.59 Å². The lowest BCUT2D eigenvalue weighted by atomic mass is 9.85. The van der Waals surface area contributed by atoms with E-state index in [2.05, 4.69) is 78.2 Å². The molecule has 4 aromatic rings. The van der Waals surface area contributed by atoms with Crippen LogP contribution in [0.2, 0.25) is 0 Å². The van der Waals surface area contributed by atoms with Crippen molar-refractivity contribution in [1.82, 2.24) is 4.90 Å². The summed E-state index contributed by atoms with van der Waals surface area (Å²) in [5.41, 5.74) is 9.31.